The lowest BCUT2D eigenvalue weighted by atomic mass is 10.7. The quantitative estimate of drug-likeness (QED) is 0.402. The number of carbonyl (C=O) groups excluding carboxylic acids is 1. The Morgan fingerprint density at radius 1 is 1.86 bits per heavy atom. The van der Waals surface area contributed by atoms with E-state index in [4.69, 9.17) is 5.73 Å². The largest absolute Gasteiger partial charge is 0.357 e. The molecule has 0 saturated heterocycles. The topological polar surface area (TPSA) is 61.6 Å². The Kier molecular flexibility index (Phi) is 3.68. The molecule has 0 rings (SSSR count). The highest BCUT2D eigenvalue weighted by Gasteiger charge is 1.95. The summed E-state index contributed by atoms with van der Waals surface area (Å²) >= 11 is 4.48. The van der Waals surface area contributed by atoms with Gasteiger partial charge in [-0.3, -0.25) is 4.89 Å². The Morgan fingerprint density at radius 3 is 2.57 bits per heavy atom. The van der Waals surface area contributed by atoms with E-state index >= 15 is 0 Å². The highest BCUT2D eigenvalue weighted by Crippen LogP contribution is 1.80. The minimum Gasteiger partial charge on any atom is -0.321 e. The van der Waals surface area contributed by atoms with Gasteiger partial charge in [0.1, 0.15) is 11.9 Å². The van der Waals surface area contributed by atoms with E-state index in [-0.39, 0.29) is 6.54 Å². The van der Waals surface area contributed by atoms with Crippen LogP contribution in [0.1, 0.15) is 0 Å². The first-order valence-electron chi connectivity index (χ1n) is 1.49. The molecule has 0 aliphatic heterocycles. The van der Waals surface area contributed by atoms with Gasteiger partial charge >= 0.3 is 5.97 Å². The van der Waals surface area contributed by atoms with Crippen molar-refractivity contribution < 1.29 is 14.1 Å². The van der Waals surface area contributed by atoms with Gasteiger partial charge < -0.3 is 5.73 Å². The molecule has 0 radical (unpaired) electrons. The van der Waals surface area contributed by atoms with Crippen LogP contribution >= 0.6 is 11.9 Å². The molecule has 42 valence electrons. The molecule has 0 aromatic heterocycles. The van der Waals surface area contributed by atoms with Crippen LogP contribution in [0.4, 0.5) is 0 Å². The Balaban J connectivity index is 3.00. The number of nitrogens with two attached hydrogens (primary N) is 1. The molecule has 5 heteroatoms. The summed E-state index contributed by atoms with van der Waals surface area (Å²) in [5.74, 6) is -0.699. The smallest absolute Gasteiger partial charge is 0.321 e. The maximum atomic E-state index is 9.86. The third-order valence-corrected chi connectivity index (χ3v) is 0.354. The van der Waals surface area contributed by atoms with Gasteiger partial charge in [-0.2, -0.15) is 0 Å². The van der Waals surface area contributed by atoms with Gasteiger partial charge in [0.05, 0.1) is 6.54 Å². The maximum absolute atomic E-state index is 9.86. The Morgan fingerprint density at radius 2 is 2.43 bits per heavy atom. The van der Waals surface area contributed by atoms with Crippen molar-refractivity contribution in [1.82, 2.24) is 0 Å². The van der Waals surface area contributed by atoms with Crippen LogP contribution in [0, 0.1) is 0 Å². The van der Waals surface area contributed by atoms with Crippen molar-refractivity contribution >= 4 is 17.8 Å². The molecule has 0 amide bonds. The second-order valence-corrected chi connectivity index (χ2v) is 0.848. The van der Waals surface area contributed by atoms with Gasteiger partial charge in [0.2, 0.25) is 0 Å². The van der Waals surface area contributed by atoms with E-state index in [0.717, 1.165) is 0 Å². The minimum atomic E-state index is -0.699. The van der Waals surface area contributed by atoms with E-state index in [0.29, 0.717) is 0 Å². The van der Waals surface area contributed by atoms with Crippen LogP contribution in [-0.2, 0) is 14.1 Å². The fourth-order valence-electron chi connectivity index (χ4n) is 0.0692. The lowest BCUT2D eigenvalue weighted by Crippen LogP contribution is -2.14. The molecule has 0 aliphatic carbocycles. The van der Waals surface area contributed by atoms with Crippen LogP contribution in [-0.4, -0.2) is 12.5 Å². The van der Waals surface area contributed by atoms with Crippen LogP contribution in [0.5, 0.6) is 0 Å². The van der Waals surface area contributed by atoms with Crippen molar-refractivity contribution in [2.24, 2.45) is 5.73 Å². The van der Waals surface area contributed by atoms with E-state index in [1.165, 1.54) is 0 Å². The van der Waals surface area contributed by atoms with Gasteiger partial charge in [-0.15, -0.1) is 0 Å². The summed E-state index contributed by atoms with van der Waals surface area (Å²) < 4.78 is 3.44. The summed E-state index contributed by atoms with van der Waals surface area (Å²) in [7, 11) is 0. The second-order valence-electron chi connectivity index (χ2n) is 0.722. The third-order valence-electron chi connectivity index (χ3n) is 0.291. The molecule has 0 saturated carbocycles. The van der Waals surface area contributed by atoms with Gasteiger partial charge in [0.15, 0.2) is 0 Å². The Labute approximate surface area is 45.2 Å². The van der Waals surface area contributed by atoms with E-state index in [1.807, 2.05) is 0 Å². The first kappa shape index (κ1) is 6.68. The van der Waals surface area contributed by atoms with Crippen molar-refractivity contribution in [3.05, 3.63) is 0 Å². The average molecular weight is 126 g/mol. The molecule has 0 unspecified atom stereocenters. The van der Waals surface area contributed by atoms with Gasteiger partial charge in [-0.25, -0.2) is 4.79 Å². The molecule has 0 fully saturated rings. The predicted molar refractivity (Wildman–Crippen MR) is 22.1 cm³/mol. The Hall–Kier alpha value is -0.320. The average Bonchev–Trinajstić information content (AvgIpc) is 1.68. The van der Waals surface area contributed by atoms with E-state index < -0.39 is 5.97 Å². The molecule has 0 spiro atoms. The number of carbonyl (C=O) groups is 1. The van der Waals surface area contributed by atoms with E-state index in [1.54, 1.807) is 0 Å². The standard InChI is InChI=1S/C2H4ClNO3/c3-7-6-2(5)1-4/h1,4H2. The molecule has 2 N–H and O–H groups in total. The van der Waals surface area contributed by atoms with Crippen LogP contribution in [0.25, 0.3) is 0 Å². The molecule has 4 nitrogen and oxygen atoms in total. The lowest BCUT2D eigenvalue weighted by Gasteiger charge is -1.88. The number of hydrogen-bond acceptors (Lipinski definition) is 4. The fraction of sp³-hybridized carbons (Fsp3) is 0.500. The van der Waals surface area contributed by atoms with Gasteiger partial charge in [0, 0.05) is 0 Å². The van der Waals surface area contributed by atoms with E-state index in [9.17, 15) is 4.79 Å². The van der Waals surface area contributed by atoms with Crippen LogP contribution < -0.4 is 5.73 Å². The molecule has 0 aromatic rings. The van der Waals surface area contributed by atoms with Crippen molar-refractivity contribution in [1.29, 1.82) is 0 Å². The summed E-state index contributed by atoms with van der Waals surface area (Å²) in [5.41, 5.74) is 4.74. The molecule has 0 atom stereocenters. The van der Waals surface area contributed by atoms with Crippen molar-refractivity contribution in [2.45, 2.75) is 0 Å². The van der Waals surface area contributed by atoms with Gasteiger partial charge in [0.25, 0.3) is 0 Å². The molecular formula is C2H4ClNO3. The van der Waals surface area contributed by atoms with Gasteiger partial charge in [-0.1, -0.05) is 4.44 Å². The second kappa shape index (κ2) is 3.86. The van der Waals surface area contributed by atoms with Crippen molar-refractivity contribution in [2.75, 3.05) is 6.54 Å². The summed E-state index contributed by atoms with van der Waals surface area (Å²) in [4.78, 5) is 13.5. The number of hydrogen-bond donors (Lipinski definition) is 1. The first-order valence-corrected chi connectivity index (χ1v) is 1.80. The molecule has 0 aliphatic rings. The SMILES string of the molecule is NCC(=O)OOCl. The number of halogens is 1. The third kappa shape index (κ3) is 3.51. The lowest BCUT2D eigenvalue weighted by molar-refractivity contribution is -0.209. The maximum Gasteiger partial charge on any atom is 0.357 e. The van der Waals surface area contributed by atoms with Gasteiger partial charge in [-0.05, 0) is 0 Å². The number of rotatable bonds is 2. The first-order chi connectivity index (χ1) is 3.31. The normalized spacial score (nSPS) is 8.29. The zero-order chi connectivity index (χ0) is 5.70. The molecule has 0 bridgehead atoms. The van der Waals surface area contributed by atoms with Crippen LogP contribution in [0.15, 0.2) is 0 Å². The molecule has 0 heterocycles. The highest BCUT2D eigenvalue weighted by molar-refractivity contribution is 6.07. The van der Waals surface area contributed by atoms with Crippen molar-refractivity contribution in [3.63, 3.8) is 0 Å². The van der Waals surface area contributed by atoms with E-state index in [2.05, 4.69) is 21.2 Å². The zero-order valence-electron chi connectivity index (χ0n) is 3.39. The fourth-order valence-corrected chi connectivity index (χ4v) is 0.139. The van der Waals surface area contributed by atoms with Crippen LogP contribution in [0.2, 0.25) is 0 Å². The summed E-state index contributed by atoms with van der Waals surface area (Å²) in [5, 5.41) is 0. The summed E-state index contributed by atoms with van der Waals surface area (Å²) in [6.07, 6.45) is 0. The highest BCUT2D eigenvalue weighted by atomic mass is 35.5. The zero-order valence-corrected chi connectivity index (χ0v) is 4.14. The minimum absolute atomic E-state index is 0.229. The van der Waals surface area contributed by atoms with Crippen molar-refractivity contribution in [3.8, 4) is 0 Å². The molecular weight excluding hydrogens is 121 g/mol. The predicted octanol–water partition coefficient (Wildman–Crippen LogP) is -0.426. The summed E-state index contributed by atoms with van der Waals surface area (Å²) in [6.45, 7) is -0.229. The summed E-state index contributed by atoms with van der Waals surface area (Å²) in [6, 6.07) is 0. The monoisotopic (exact) mass is 125 g/mol. The Bertz CT molecular complexity index is 66.0. The molecule has 0 aromatic carbocycles. The molecule has 7 heavy (non-hydrogen) atoms. The van der Waals surface area contributed by atoms with Crippen LogP contribution in [0.3, 0.4) is 0 Å².